The second-order valence-electron chi connectivity index (χ2n) is 2.70. The van der Waals surface area contributed by atoms with Gasteiger partial charge in [0.25, 0.3) is 0 Å². The van der Waals surface area contributed by atoms with E-state index >= 15 is 0 Å². The first kappa shape index (κ1) is 15.5. The molecule has 0 aromatic carbocycles. The third kappa shape index (κ3) is 7.73. The van der Waals surface area contributed by atoms with E-state index < -0.39 is 22.7 Å². The smallest absolute Gasteiger partial charge is 0.305 e. The maximum absolute atomic E-state index is 10.4. The van der Waals surface area contributed by atoms with E-state index in [-0.39, 0.29) is 12.8 Å². The summed E-state index contributed by atoms with van der Waals surface area (Å²) in [4.78, 5) is 20.8. The number of hydrazine groups is 2. The summed E-state index contributed by atoms with van der Waals surface area (Å²) in [7, 11) is 2.24. The number of nitrogens with one attached hydrogen (secondary N) is 2. The molecule has 0 aromatic heterocycles. The molecule has 2 atom stereocenters. The van der Waals surface area contributed by atoms with Gasteiger partial charge in [-0.05, 0) is 0 Å². The van der Waals surface area contributed by atoms with Gasteiger partial charge >= 0.3 is 11.9 Å². The standard InChI is InChI=1S/C6H14N4O4S2/c7-9-3(1-5(11)12)15-16-4(10-8)2-6(13)14/h3-4,9-10H,1-2,7-8H2,(H,11,12)(H,13,14). The Balaban J connectivity index is 3.96. The van der Waals surface area contributed by atoms with Crippen molar-refractivity contribution >= 4 is 33.5 Å². The summed E-state index contributed by atoms with van der Waals surface area (Å²) in [5.74, 6) is 8.28. The van der Waals surface area contributed by atoms with Crippen molar-refractivity contribution in [1.29, 1.82) is 0 Å². The summed E-state index contributed by atoms with van der Waals surface area (Å²) >= 11 is 0. The minimum atomic E-state index is -0.994. The van der Waals surface area contributed by atoms with Crippen molar-refractivity contribution in [3.63, 3.8) is 0 Å². The van der Waals surface area contributed by atoms with Crippen LogP contribution in [0.4, 0.5) is 0 Å². The van der Waals surface area contributed by atoms with E-state index in [0.717, 1.165) is 21.6 Å². The topological polar surface area (TPSA) is 151 Å². The molecule has 0 saturated carbocycles. The van der Waals surface area contributed by atoms with E-state index in [4.69, 9.17) is 21.9 Å². The van der Waals surface area contributed by atoms with Crippen LogP contribution in [0.3, 0.4) is 0 Å². The van der Waals surface area contributed by atoms with Crippen LogP contribution in [0.2, 0.25) is 0 Å². The number of hydrogen-bond acceptors (Lipinski definition) is 8. The van der Waals surface area contributed by atoms with E-state index in [2.05, 4.69) is 10.9 Å². The second kappa shape index (κ2) is 8.61. The van der Waals surface area contributed by atoms with E-state index in [9.17, 15) is 9.59 Å². The van der Waals surface area contributed by atoms with Gasteiger partial charge in [0.05, 0.1) is 23.6 Å². The molecule has 0 aliphatic carbocycles. The first-order valence-electron chi connectivity index (χ1n) is 4.17. The minimum Gasteiger partial charge on any atom is -0.481 e. The monoisotopic (exact) mass is 270 g/mol. The molecule has 8 N–H and O–H groups in total. The van der Waals surface area contributed by atoms with Crippen LogP contribution in [-0.4, -0.2) is 32.9 Å². The van der Waals surface area contributed by atoms with Crippen molar-refractivity contribution in [2.75, 3.05) is 0 Å². The average Bonchev–Trinajstić information content (AvgIpc) is 2.20. The number of carbonyl (C=O) groups is 2. The zero-order valence-electron chi connectivity index (χ0n) is 8.25. The van der Waals surface area contributed by atoms with E-state index in [1.54, 1.807) is 0 Å². The molecule has 0 amide bonds. The maximum Gasteiger partial charge on any atom is 0.305 e. The van der Waals surface area contributed by atoms with Crippen molar-refractivity contribution in [3.05, 3.63) is 0 Å². The van der Waals surface area contributed by atoms with E-state index in [1.165, 1.54) is 0 Å². The molecule has 0 aliphatic heterocycles. The molecule has 0 aliphatic rings. The fourth-order valence-corrected chi connectivity index (χ4v) is 3.04. The van der Waals surface area contributed by atoms with Gasteiger partial charge in [-0.2, -0.15) is 0 Å². The predicted molar refractivity (Wildman–Crippen MR) is 61.9 cm³/mol. The van der Waals surface area contributed by atoms with Crippen LogP contribution in [0.1, 0.15) is 12.8 Å². The molecule has 8 nitrogen and oxygen atoms in total. The molecule has 0 fully saturated rings. The highest BCUT2D eigenvalue weighted by molar-refractivity contribution is 8.77. The summed E-state index contributed by atoms with van der Waals surface area (Å²) < 4.78 is 0. The molecular formula is C6H14N4O4S2. The van der Waals surface area contributed by atoms with Gasteiger partial charge in [-0.15, -0.1) is 0 Å². The lowest BCUT2D eigenvalue weighted by Gasteiger charge is -2.16. The third-order valence-corrected chi connectivity index (χ3v) is 4.29. The van der Waals surface area contributed by atoms with Crippen molar-refractivity contribution in [2.24, 2.45) is 11.7 Å². The molecular weight excluding hydrogens is 256 g/mol. The molecule has 0 spiro atoms. The Hall–Kier alpha value is -0.520. The third-order valence-electron chi connectivity index (χ3n) is 1.38. The molecule has 0 bridgehead atoms. The van der Waals surface area contributed by atoms with Crippen LogP contribution >= 0.6 is 21.6 Å². The molecule has 2 unspecified atom stereocenters. The highest BCUT2D eigenvalue weighted by Gasteiger charge is 2.17. The lowest BCUT2D eigenvalue weighted by molar-refractivity contribution is -0.138. The number of nitrogens with two attached hydrogens (primary N) is 2. The van der Waals surface area contributed by atoms with Crippen LogP contribution in [0.25, 0.3) is 0 Å². The van der Waals surface area contributed by atoms with Gasteiger partial charge in [-0.1, -0.05) is 21.6 Å². The van der Waals surface area contributed by atoms with Gasteiger partial charge in [0.15, 0.2) is 0 Å². The molecule has 10 heteroatoms. The highest BCUT2D eigenvalue weighted by atomic mass is 33.1. The number of aliphatic carboxylic acids is 2. The van der Waals surface area contributed by atoms with Gasteiger partial charge in [0.2, 0.25) is 0 Å². The van der Waals surface area contributed by atoms with Crippen LogP contribution in [0.5, 0.6) is 0 Å². The first-order valence-corrected chi connectivity index (χ1v) is 6.45. The Morgan fingerprint density at radius 2 is 1.31 bits per heavy atom. The van der Waals surface area contributed by atoms with E-state index in [1.807, 2.05) is 0 Å². The second-order valence-corrected chi connectivity index (χ2v) is 5.38. The van der Waals surface area contributed by atoms with Gasteiger partial charge in [-0.3, -0.25) is 21.3 Å². The maximum atomic E-state index is 10.4. The normalized spacial score (nSPS) is 14.4. The van der Waals surface area contributed by atoms with Crippen LogP contribution < -0.4 is 22.5 Å². The van der Waals surface area contributed by atoms with Gasteiger partial charge < -0.3 is 10.2 Å². The fourth-order valence-electron chi connectivity index (χ4n) is 0.693. The fraction of sp³-hybridized carbons (Fsp3) is 0.667. The summed E-state index contributed by atoms with van der Waals surface area (Å²) in [6.07, 6.45) is -0.336. The van der Waals surface area contributed by atoms with Gasteiger partial charge in [0.1, 0.15) is 0 Å². The lowest BCUT2D eigenvalue weighted by atomic mass is 10.4. The largest absolute Gasteiger partial charge is 0.481 e. The molecule has 0 rings (SSSR count). The number of carboxylic acids is 2. The molecule has 94 valence electrons. The zero-order valence-corrected chi connectivity index (χ0v) is 9.88. The predicted octanol–water partition coefficient (Wildman–Crippen LogP) is -1.10. The summed E-state index contributed by atoms with van der Waals surface area (Å²) in [6, 6.07) is 0. The molecule has 0 heterocycles. The van der Waals surface area contributed by atoms with Gasteiger partial charge in [0, 0.05) is 0 Å². The Bertz CT molecular complexity index is 219. The molecule has 0 saturated heterocycles. The SMILES string of the molecule is NNC(CC(=O)O)SSC(CC(=O)O)NN. The zero-order chi connectivity index (χ0) is 12.6. The van der Waals surface area contributed by atoms with E-state index in [0.29, 0.717) is 0 Å². The average molecular weight is 270 g/mol. The Labute approximate surface area is 99.8 Å². The number of hydrogen-bond donors (Lipinski definition) is 6. The van der Waals surface area contributed by atoms with Crippen LogP contribution in [0, 0.1) is 0 Å². The van der Waals surface area contributed by atoms with Gasteiger partial charge in [-0.25, -0.2) is 10.9 Å². The number of carboxylic acid groups (broad SMARTS) is 2. The first-order chi connectivity index (χ1) is 7.49. The minimum absolute atomic E-state index is 0.168. The molecule has 16 heavy (non-hydrogen) atoms. The van der Waals surface area contributed by atoms with Crippen molar-refractivity contribution in [1.82, 2.24) is 10.9 Å². The lowest BCUT2D eigenvalue weighted by Crippen LogP contribution is -2.36. The summed E-state index contributed by atoms with van der Waals surface area (Å²) in [6.45, 7) is 0. The highest BCUT2D eigenvalue weighted by Crippen LogP contribution is 2.31. The van der Waals surface area contributed by atoms with Crippen LogP contribution in [0.15, 0.2) is 0 Å². The van der Waals surface area contributed by atoms with Crippen LogP contribution in [-0.2, 0) is 9.59 Å². The van der Waals surface area contributed by atoms with Crippen molar-refractivity contribution in [2.45, 2.75) is 23.6 Å². The molecule has 0 radical (unpaired) electrons. The number of rotatable bonds is 9. The Morgan fingerprint density at radius 1 is 1.00 bits per heavy atom. The summed E-state index contributed by atoms with van der Waals surface area (Å²) in [5, 5.41) is 16.0. The van der Waals surface area contributed by atoms with Crippen molar-refractivity contribution in [3.8, 4) is 0 Å². The Morgan fingerprint density at radius 3 is 1.50 bits per heavy atom. The van der Waals surface area contributed by atoms with Crippen molar-refractivity contribution < 1.29 is 19.8 Å². The summed E-state index contributed by atoms with van der Waals surface area (Å²) in [5.41, 5.74) is 4.62. The Kier molecular flexibility index (Phi) is 8.33. The quantitative estimate of drug-likeness (QED) is 0.132. The molecule has 0 aromatic rings.